The Morgan fingerprint density at radius 3 is 2.58 bits per heavy atom. The van der Waals surface area contributed by atoms with Gasteiger partial charge in [0.25, 0.3) is 5.69 Å². The Bertz CT molecular complexity index is 1060. The van der Waals surface area contributed by atoms with Gasteiger partial charge in [0.2, 0.25) is 0 Å². The van der Waals surface area contributed by atoms with Crippen LogP contribution in [0.25, 0.3) is 10.8 Å². The average Bonchev–Trinajstić information content (AvgIpc) is 2.75. The van der Waals surface area contributed by atoms with Crippen LogP contribution in [-0.4, -0.2) is 46.3 Å². The lowest BCUT2D eigenvalue weighted by Gasteiger charge is -2.29. The Kier molecular flexibility index (Phi) is 7.04. The molecule has 0 radical (unpaired) electrons. The molecule has 0 spiro atoms. The van der Waals surface area contributed by atoms with Crippen LogP contribution < -0.4 is 10.1 Å². The maximum Gasteiger partial charge on any atom is 0.322 e. The fourth-order valence-corrected chi connectivity index (χ4v) is 3.21. The Hall–Kier alpha value is -3.65. The molecule has 2 amide bonds. The number of hydrogen-bond donors (Lipinski definition) is 2. The van der Waals surface area contributed by atoms with Crippen molar-refractivity contribution in [2.24, 2.45) is 0 Å². The smallest absolute Gasteiger partial charge is 0.322 e. The molecule has 0 saturated heterocycles. The van der Waals surface area contributed by atoms with Crippen molar-refractivity contribution in [3.8, 4) is 5.75 Å². The summed E-state index contributed by atoms with van der Waals surface area (Å²) in [7, 11) is 0. The van der Waals surface area contributed by atoms with Crippen molar-refractivity contribution in [3.63, 3.8) is 0 Å². The monoisotopic (exact) mass is 423 g/mol. The molecule has 0 aromatic heterocycles. The van der Waals surface area contributed by atoms with Gasteiger partial charge in [-0.05, 0) is 31.4 Å². The molecule has 0 aliphatic carbocycles. The van der Waals surface area contributed by atoms with E-state index in [2.05, 4.69) is 5.32 Å². The lowest BCUT2D eigenvalue weighted by Crippen LogP contribution is -2.45. The van der Waals surface area contributed by atoms with E-state index in [0.29, 0.717) is 11.4 Å². The number of aliphatic hydroxyl groups is 1. The summed E-state index contributed by atoms with van der Waals surface area (Å²) in [4.78, 5) is 24.6. The maximum absolute atomic E-state index is 12.7. The van der Waals surface area contributed by atoms with Gasteiger partial charge < -0.3 is 20.1 Å². The van der Waals surface area contributed by atoms with Crippen LogP contribution in [0, 0.1) is 10.1 Å². The molecule has 0 saturated carbocycles. The van der Waals surface area contributed by atoms with Crippen LogP contribution in [0.2, 0.25) is 0 Å². The van der Waals surface area contributed by atoms with Gasteiger partial charge in [0.15, 0.2) is 0 Å². The molecule has 8 nitrogen and oxygen atoms in total. The second kappa shape index (κ2) is 9.90. The first-order chi connectivity index (χ1) is 14.8. The van der Waals surface area contributed by atoms with Gasteiger partial charge in [-0.1, -0.05) is 42.5 Å². The topological polar surface area (TPSA) is 105 Å². The largest absolute Gasteiger partial charge is 0.490 e. The summed E-state index contributed by atoms with van der Waals surface area (Å²) in [6, 6.07) is 18.6. The number of anilines is 1. The van der Waals surface area contributed by atoms with E-state index in [1.165, 1.54) is 23.1 Å². The van der Waals surface area contributed by atoms with Crippen molar-refractivity contribution >= 4 is 28.2 Å². The molecule has 0 heterocycles. The predicted octanol–water partition coefficient (Wildman–Crippen LogP) is 4.43. The molecule has 1 unspecified atom stereocenters. The molecule has 0 aliphatic heterocycles. The van der Waals surface area contributed by atoms with Gasteiger partial charge in [-0.2, -0.15) is 0 Å². The Morgan fingerprint density at radius 2 is 1.84 bits per heavy atom. The lowest BCUT2D eigenvalue weighted by atomic mass is 10.1. The van der Waals surface area contributed by atoms with E-state index in [4.69, 9.17) is 4.74 Å². The number of carbonyl (C=O) groups excluding carboxylic acids is 1. The van der Waals surface area contributed by atoms with E-state index in [0.717, 1.165) is 10.8 Å². The van der Waals surface area contributed by atoms with Crippen LogP contribution in [0.15, 0.2) is 66.7 Å². The third kappa shape index (κ3) is 5.70. The first-order valence-electron chi connectivity index (χ1n) is 9.96. The fraction of sp³-hybridized carbons (Fsp3) is 0.261. The summed E-state index contributed by atoms with van der Waals surface area (Å²) >= 11 is 0. The number of urea groups is 1. The van der Waals surface area contributed by atoms with Crippen LogP contribution in [-0.2, 0) is 0 Å². The SMILES string of the molecule is CC(C)N(CC(O)COc1cccc2ccccc12)C(=O)Nc1cccc([N+](=O)[O-])c1. The quantitative estimate of drug-likeness (QED) is 0.412. The normalized spacial score (nSPS) is 11.9. The van der Waals surface area contributed by atoms with E-state index in [1.54, 1.807) is 6.07 Å². The number of hydrogen-bond acceptors (Lipinski definition) is 5. The predicted molar refractivity (Wildman–Crippen MR) is 119 cm³/mol. The standard InChI is InChI=1S/C23H25N3O5/c1-16(2)25(23(28)24-18-9-6-10-19(13-18)26(29)30)14-20(27)15-31-22-12-5-8-17-7-3-4-11-21(17)22/h3-13,16,20,27H,14-15H2,1-2H3,(H,24,28). The zero-order valence-corrected chi connectivity index (χ0v) is 17.4. The van der Waals surface area contributed by atoms with E-state index in [9.17, 15) is 20.0 Å². The lowest BCUT2D eigenvalue weighted by molar-refractivity contribution is -0.384. The van der Waals surface area contributed by atoms with Crippen molar-refractivity contribution in [1.29, 1.82) is 0 Å². The molecule has 3 aromatic carbocycles. The number of carbonyl (C=O) groups is 1. The molecule has 8 heteroatoms. The second-order valence-corrected chi connectivity index (χ2v) is 7.43. The van der Waals surface area contributed by atoms with Crippen molar-refractivity contribution in [1.82, 2.24) is 4.90 Å². The highest BCUT2D eigenvalue weighted by Crippen LogP contribution is 2.25. The van der Waals surface area contributed by atoms with E-state index in [-0.39, 0.29) is 24.9 Å². The van der Waals surface area contributed by atoms with Crippen LogP contribution in [0.1, 0.15) is 13.8 Å². The Labute approximate surface area is 180 Å². The van der Waals surface area contributed by atoms with E-state index in [1.807, 2.05) is 56.3 Å². The molecule has 31 heavy (non-hydrogen) atoms. The minimum Gasteiger partial charge on any atom is -0.490 e. The fourth-order valence-electron chi connectivity index (χ4n) is 3.21. The molecule has 162 valence electrons. The summed E-state index contributed by atoms with van der Waals surface area (Å²) in [5, 5.41) is 26.1. The number of ether oxygens (including phenoxy) is 1. The summed E-state index contributed by atoms with van der Waals surface area (Å²) in [6.07, 6.45) is -0.919. The highest BCUT2D eigenvalue weighted by Gasteiger charge is 2.22. The van der Waals surface area contributed by atoms with Gasteiger partial charge in [0.05, 0.1) is 11.5 Å². The second-order valence-electron chi connectivity index (χ2n) is 7.43. The zero-order chi connectivity index (χ0) is 22.4. The number of benzene rings is 3. The van der Waals surface area contributed by atoms with Crippen LogP contribution in [0.3, 0.4) is 0 Å². The zero-order valence-electron chi connectivity index (χ0n) is 17.4. The molecule has 2 N–H and O–H groups in total. The number of nitro benzene ring substituents is 1. The van der Waals surface area contributed by atoms with Gasteiger partial charge in [-0.15, -0.1) is 0 Å². The number of nitrogens with zero attached hydrogens (tertiary/aromatic N) is 2. The third-order valence-electron chi connectivity index (χ3n) is 4.78. The molecule has 3 aromatic rings. The van der Waals surface area contributed by atoms with Crippen molar-refractivity contribution in [2.45, 2.75) is 26.0 Å². The highest BCUT2D eigenvalue weighted by molar-refractivity contribution is 5.90. The summed E-state index contributed by atoms with van der Waals surface area (Å²) in [6.45, 7) is 3.71. The minimum atomic E-state index is -0.919. The molecule has 0 aliphatic rings. The number of rotatable bonds is 8. The molecular weight excluding hydrogens is 398 g/mol. The number of nitrogens with one attached hydrogen (secondary N) is 1. The third-order valence-corrected chi connectivity index (χ3v) is 4.78. The Morgan fingerprint density at radius 1 is 1.13 bits per heavy atom. The maximum atomic E-state index is 12.7. The van der Waals surface area contributed by atoms with Crippen molar-refractivity contribution < 1.29 is 19.6 Å². The number of aliphatic hydroxyl groups excluding tert-OH is 1. The average molecular weight is 423 g/mol. The molecule has 1 atom stereocenters. The van der Waals surface area contributed by atoms with Gasteiger partial charge in [0, 0.05) is 29.2 Å². The van der Waals surface area contributed by atoms with Crippen molar-refractivity contribution in [2.75, 3.05) is 18.5 Å². The van der Waals surface area contributed by atoms with Gasteiger partial charge in [-0.3, -0.25) is 10.1 Å². The summed E-state index contributed by atoms with van der Waals surface area (Å²) in [5.74, 6) is 0.661. The molecule has 0 bridgehead atoms. The van der Waals surface area contributed by atoms with Crippen LogP contribution >= 0.6 is 0 Å². The number of amides is 2. The minimum absolute atomic E-state index is 0.0152. The summed E-state index contributed by atoms with van der Waals surface area (Å²) in [5.41, 5.74) is 0.198. The Balaban J connectivity index is 1.63. The molecular formula is C23H25N3O5. The van der Waals surface area contributed by atoms with Gasteiger partial charge >= 0.3 is 6.03 Å². The van der Waals surface area contributed by atoms with Gasteiger partial charge in [0.1, 0.15) is 18.5 Å². The number of fused-ring (bicyclic) bond motifs is 1. The first-order valence-corrected chi connectivity index (χ1v) is 9.96. The van der Waals surface area contributed by atoms with E-state index >= 15 is 0 Å². The van der Waals surface area contributed by atoms with Crippen LogP contribution in [0.5, 0.6) is 5.75 Å². The van der Waals surface area contributed by atoms with Crippen molar-refractivity contribution in [3.05, 3.63) is 76.8 Å². The van der Waals surface area contributed by atoms with Gasteiger partial charge in [-0.25, -0.2) is 4.79 Å². The van der Waals surface area contributed by atoms with E-state index < -0.39 is 17.1 Å². The number of nitro groups is 1. The van der Waals surface area contributed by atoms with Crippen LogP contribution in [0.4, 0.5) is 16.2 Å². The number of non-ortho nitro benzene ring substituents is 1. The highest BCUT2D eigenvalue weighted by atomic mass is 16.6. The first kappa shape index (κ1) is 22.0. The summed E-state index contributed by atoms with van der Waals surface area (Å²) < 4.78 is 5.82. The molecule has 3 rings (SSSR count). The molecule has 0 fully saturated rings.